The smallest absolute Gasteiger partial charge is 0.311 e. The zero-order valence-electron chi connectivity index (χ0n) is 13.6. The molecule has 0 fully saturated rings. The Kier molecular flexibility index (Phi) is 5.64. The molecule has 7 nitrogen and oxygen atoms in total. The quantitative estimate of drug-likeness (QED) is 0.455. The molecule has 1 amide bonds. The normalized spacial score (nSPS) is 10.8. The average molecular weight is 347 g/mol. The van der Waals surface area contributed by atoms with Gasteiger partial charge >= 0.3 is 5.69 Å². The summed E-state index contributed by atoms with van der Waals surface area (Å²) in [6, 6.07) is 4.65. The van der Waals surface area contributed by atoms with Gasteiger partial charge in [-0.05, 0) is 24.6 Å². The molecule has 0 unspecified atom stereocenters. The topological polar surface area (TPSA) is 85.6 Å². The minimum absolute atomic E-state index is 0.119. The second-order valence-electron chi connectivity index (χ2n) is 5.07. The highest BCUT2D eigenvalue weighted by Gasteiger charge is 2.16. The van der Waals surface area contributed by atoms with Gasteiger partial charge in [-0.1, -0.05) is 6.07 Å². The van der Waals surface area contributed by atoms with Gasteiger partial charge in [0, 0.05) is 36.8 Å². The molecule has 0 radical (unpaired) electrons. The SMILES string of the molecule is COc1ccc(CN(C)C(=O)C=Cc2cnc(C)s2)cc1[N+](=O)[O-]. The number of likely N-dealkylation sites (N-methyl/N-ethyl adjacent to an activating group) is 1. The van der Waals surface area contributed by atoms with Crippen molar-refractivity contribution in [3.05, 3.63) is 56.0 Å². The molecule has 0 aliphatic rings. The molecule has 8 heteroatoms. The largest absolute Gasteiger partial charge is 0.490 e. The van der Waals surface area contributed by atoms with E-state index in [-0.39, 0.29) is 23.9 Å². The Labute approximate surface area is 143 Å². The molecule has 1 aromatic heterocycles. The number of aryl methyl sites for hydroxylation is 1. The highest BCUT2D eigenvalue weighted by Crippen LogP contribution is 2.27. The molecule has 24 heavy (non-hydrogen) atoms. The van der Waals surface area contributed by atoms with Crippen LogP contribution >= 0.6 is 11.3 Å². The van der Waals surface area contributed by atoms with Crippen LogP contribution in [0.15, 0.2) is 30.5 Å². The van der Waals surface area contributed by atoms with E-state index in [2.05, 4.69) is 4.98 Å². The van der Waals surface area contributed by atoms with Gasteiger partial charge in [-0.25, -0.2) is 4.98 Å². The first-order valence-corrected chi connectivity index (χ1v) is 7.89. The molecular formula is C16H17N3O4S. The number of amides is 1. The van der Waals surface area contributed by atoms with Gasteiger partial charge in [-0.15, -0.1) is 11.3 Å². The third-order valence-corrected chi connectivity index (χ3v) is 4.14. The van der Waals surface area contributed by atoms with Gasteiger partial charge in [-0.3, -0.25) is 14.9 Å². The average Bonchev–Trinajstić information content (AvgIpc) is 2.97. The van der Waals surface area contributed by atoms with Crippen LogP contribution in [0.5, 0.6) is 5.75 Å². The Balaban J connectivity index is 2.07. The van der Waals surface area contributed by atoms with E-state index in [1.807, 2.05) is 6.92 Å². The van der Waals surface area contributed by atoms with Gasteiger partial charge in [0.1, 0.15) is 0 Å². The highest BCUT2D eigenvalue weighted by atomic mass is 32.1. The molecule has 0 saturated carbocycles. The Morgan fingerprint density at radius 3 is 2.83 bits per heavy atom. The summed E-state index contributed by atoms with van der Waals surface area (Å²) in [4.78, 5) is 29.2. The second-order valence-corrected chi connectivity index (χ2v) is 6.34. The molecule has 2 rings (SSSR count). The molecule has 0 spiro atoms. The predicted molar refractivity (Wildman–Crippen MR) is 92.0 cm³/mol. The summed E-state index contributed by atoms with van der Waals surface area (Å²) in [7, 11) is 3.02. The number of hydrogen-bond acceptors (Lipinski definition) is 6. The number of carbonyl (C=O) groups is 1. The van der Waals surface area contributed by atoms with E-state index in [0.717, 1.165) is 9.88 Å². The number of nitro groups is 1. The van der Waals surface area contributed by atoms with Gasteiger partial charge in [0.2, 0.25) is 5.91 Å². The number of carbonyl (C=O) groups excluding carboxylic acids is 1. The first kappa shape index (κ1) is 17.6. The van der Waals surface area contributed by atoms with Gasteiger partial charge in [0.15, 0.2) is 5.75 Å². The minimum Gasteiger partial charge on any atom is -0.490 e. The fourth-order valence-corrected chi connectivity index (χ4v) is 2.75. The Bertz CT molecular complexity index is 785. The summed E-state index contributed by atoms with van der Waals surface area (Å²) in [5.74, 6) is -0.00212. The molecule has 0 bridgehead atoms. The number of thiazole rings is 1. The van der Waals surface area contributed by atoms with Crippen molar-refractivity contribution in [1.29, 1.82) is 0 Å². The van der Waals surface area contributed by atoms with E-state index in [1.54, 1.807) is 25.4 Å². The molecule has 126 valence electrons. The van der Waals surface area contributed by atoms with E-state index in [0.29, 0.717) is 5.56 Å². The molecule has 2 aromatic rings. The van der Waals surface area contributed by atoms with Crippen LogP contribution in [0.4, 0.5) is 5.69 Å². The van der Waals surface area contributed by atoms with Crippen LogP contribution in [0, 0.1) is 17.0 Å². The zero-order chi connectivity index (χ0) is 17.7. The van der Waals surface area contributed by atoms with Crippen molar-refractivity contribution in [2.75, 3.05) is 14.2 Å². The lowest BCUT2D eigenvalue weighted by atomic mass is 10.1. The zero-order valence-corrected chi connectivity index (χ0v) is 14.4. The maximum Gasteiger partial charge on any atom is 0.311 e. The van der Waals surface area contributed by atoms with Crippen LogP contribution < -0.4 is 4.74 Å². The Hall–Kier alpha value is -2.74. The standard InChI is InChI=1S/C16H17N3O4S/c1-11-17-9-13(24-11)5-7-16(20)18(2)10-12-4-6-15(23-3)14(8-12)19(21)22/h4-9H,10H2,1-3H3. The van der Waals surface area contributed by atoms with Crippen LogP contribution in [-0.4, -0.2) is 34.9 Å². The van der Waals surface area contributed by atoms with Gasteiger partial charge in [0.25, 0.3) is 0 Å². The number of aromatic nitrogens is 1. The monoisotopic (exact) mass is 347 g/mol. The van der Waals surface area contributed by atoms with Crippen molar-refractivity contribution in [3.8, 4) is 5.75 Å². The Morgan fingerprint density at radius 2 is 2.25 bits per heavy atom. The lowest BCUT2D eigenvalue weighted by Gasteiger charge is -2.15. The van der Waals surface area contributed by atoms with Crippen LogP contribution in [-0.2, 0) is 11.3 Å². The van der Waals surface area contributed by atoms with Crippen LogP contribution in [0.25, 0.3) is 6.08 Å². The van der Waals surface area contributed by atoms with Crippen LogP contribution in [0.1, 0.15) is 15.4 Å². The lowest BCUT2D eigenvalue weighted by Crippen LogP contribution is -2.24. The molecule has 0 aliphatic heterocycles. The van der Waals surface area contributed by atoms with E-state index < -0.39 is 4.92 Å². The summed E-state index contributed by atoms with van der Waals surface area (Å²) in [6.45, 7) is 2.16. The van der Waals surface area contributed by atoms with Gasteiger partial charge in [0.05, 0.1) is 17.0 Å². The number of methoxy groups -OCH3 is 1. The maximum absolute atomic E-state index is 12.1. The fraction of sp³-hybridized carbons (Fsp3) is 0.250. The fourth-order valence-electron chi connectivity index (χ4n) is 2.06. The number of hydrogen-bond donors (Lipinski definition) is 0. The first-order chi connectivity index (χ1) is 11.4. The van der Waals surface area contributed by atoms with Crippen molar-refractivity contribution in [2.24, 2.45) is 0 Å². The Morgan fingerprint density at radius 1 is 1.50 bits per heavy atom. The first-order valence-electron chi connectivity index (χ1n) is 7.07. The molecule has 1 heterocycles. The summed E-state index contributed by atoms with van der Waals surface area (Å²) >= 11 is 1.50. The van der Waals surface area contributed by atoms with Crippen molar-refractivity contribution in [3.63, 3.8) is 0 Å². The van der Waals surface area contributed by atoms with E-state index in [4.69, 9.17) is 4.74 Å². The molecule has 0 atom stereocenters. The van der Waals surface area contributed by atoms with Crippen LogP contribution in [0.3, 0.4) is 0 Å². The highest BCUT2D eigenvalue weighted by molar-refractivity contribution is 7.12. The van der Waals surface area contributed by atoms with Crippen molar-refractivity contribution < 1.29 is 14.5 Å². The lowest BCUT2D eigenvalue weighted by molar-refractivity contribution is -0.385. The summed E-state index contributed by atoms with van der Waals surface area (Å²) < 4.78 is 4.97. The van der Waals surface area contributed by atoms with Crippen molar-refractivity contribution in [2.45, 2.75) is 13.5 Å². The molecule has 0 N–H and O–H groups in total. The number of benzene rings is 1. The number of nitro benzene ring substituents is 1. The predicted octanol–water partition coefficient (Wildman–Crippen LogP) is 3.04. The summed E-state index contributed by atoms with van der Waals surface area (Å²) in [6.07, 6.45) is 4.88. The van der Waals surface area contributed by atoms with E-state index >= 15 is 0 Å². The third kappa shape index (κ3) is 4.39. The summed E-state index contributed by atoms with van der Waals surface area (Å²) in [5, 5.41) is 12.0. The second kappa shape index (κ2) is 7.69. The maximum atomic E-state index is 12.1. The van der Waals surface area contributed by atoms with Crippen molar-refractivity contribution in [1.82, 2.24) is 9.88 Å². The van der Waals surface area contributed by atoms with E-state index in [1.165, 1.54) is 41.6 Å². The van der Waals surface area contributed by atoms with Gasteiger partial charge < -0.3 is 9.64 Å². The molecule has 0 aliphatic carbocycles. The van der Waals surface area contributed by atoms with Crippen LogP contribution in [0.2, 0.25) is 0 Å². The summed E-state index contributed by atoms with van der Waals surface area (Å²) in [5.41, 5.74) is 0.534. The molecular weight excluding hydrogens is 330 g/mol. The number of ether oxygens (including phenoxy) is 1. The minimum atomic E-state index is -0.504. The van der Waals surface area contributed by atoms with Gasteiger partial charge in [-0.2, -0.15) is 0 Å². The molecule has 0 saturated heterocycles. The molecule has 1 aromatic carbocycles. The van der Waals surface area contributed by atoms with E-state index in [9.17, 15) is 14.9 Å². The number of rotatable bonds is 6. The van der Waals surface area contributed by atoms with Crippen molar-refractivity contribution >= 4 is 29.0 Å². The number of nitrogens with zero attached hydrogens (tertiary/aromatic N) is 3. The third-order valence-electron chi connectivity index (χ3n) is 3.27.